The molecule has 1 saturated heterocycles. The molecule has 0 bridgehead atoms. The molecule has 3 rings (SSSR count). The summed E-state index contributed by atoms with van der Waals surface area (Å²) in [6.45, 7) is 0.702. The van der Waals surface area contributed by atoms with E-state index in [2.05, 4.69) is 0 Å². The number of carbonyl (C=O) groups excluding carboxylic acids is 1. The van der Waals surface area contributed by atoms with Gasteiger partial charge in [0.15, 0.2) is 0 Å². The van der Waals surface area contributed by atoms with Crippen LogP contribution in [0.3, 0.4) is 0 Å². The van der Waals surface area contributed by atoms with E-state index in [1.165, 1.54) is 40.7 Å². The number of ether oxygens (including phenoxy) is 2. The number of hydrogen-bond acceptors (Lipinski definition) is 5. The Balaban J connectivity index is 1.74. The van der Waals surface area contributed by atoms with Gasteiger partial charge in [-0.25, -0.2) is 13.2 Å². The highest BCUT2D eigenvalue weighted by atomic mass is 32.2. The highest BCUT2D eigenvalue weighted by molar-refractivity contribution is 7.89. The Hall–Kier alpha value is -2.43. The number of hydrogen-bond donors (Lipinski definition) is 0. The molecule has 156 valence electrons. The second-order valence-electron chi connectivity index (χ2n) is 6.28. The van der Waals surface area contributed by atoms with Crippen molar-refractivity contribution in [2.75, 3.05) is 26.3 Å². The molecule has 6 nitrogen and oxygen atoms in total. The summed E-state index contributed by atoms with van der Waals surface area (Å²) in [6, 6.07) is 10.1. The van der Waals surface area contributed by atoms with Crippen LogP contribution in [0.1, 0.15) is 21.5 Å². The zero-order valence-electron chi connectivity index (χ0n) is 15.2. The summed E-state index contributed by atoms with van der Waals surface area (Å²) in [6.07, 6.45) is -4.69. The van der Waals surface area contributed by atoms with Gasteiger partial charge in [0.1, 0.15) is 6.61 Å². The molecule has 0 spiro atoms. The average molecular weight is 429 g/mol. The molecule has 0 atom stereocenters. The van der Waals surface area contributed by atoms with E-state index in [1.54, 1.807) is 0 Å². The Morgan fingerprint density at radius 1 is 1.07 bits per heavy atom. The lowest BCUT2D eigenvalue weighted by atomic mass is 10.1. The van der Waals surface area contributed by atoms with E-state index in [-0.39, 0.29) is 24.6 Å². The topological polar surface area (TPSA) is 72.9 Å². The zero-order chi connectivity index (χ0) is 21.1. The van der Waals surface area contributed by atoms with Crippen molar-refractivity contribution in [3.63, 3.8) is 0 Å². The van der Waals surface area contributed by atoms with Gasteiger partial charge in [-0.2, -0.15) is 17.5 Å². The normalized spacial score (nSPS) is 15.8. The summed E-state index contributed by atoms with van der Waals surface area (Å²) < 4.78 is 76.0. The summed E-state index contributed by atoms with van der Waals surface area (Å²) in [5.74, 6) is -1.14. The van der Waals surface area contributed by atoms with Crippen LogP contribution < -0.4 is 0 Å². The summed E-state index contributed by atoms with van der Waals surface area (Å²) >= 11 is 0. The summed E-state index contributed by atoms with van der Waals surface area (Å²) in [7, 11) is -3.74. The number of benzene rings is 2. The van der Waals surface area contributed by atoms with Gasteiger partial charge in [-0.1, -0.05) is 24.3 Å². The molecule has 0 unspecified atom stereocenters. The quantitative estimate of drug-likeness (QED) is 0.683. The number of carbonyl (C=O) groups is 1. The van der Waals surface area contributed by atoms with E-state index >= 15 is 0 Å². The molecule has 1 aliphatic rings. The predicted molar refractivity (Wildman–Crippen MR) is 96.6 cm³/mol. The molecule has 0 aromatic heterocycles. The minimum absolute atomic E-state index is 0.0173. The van der Waals surface area contributed by atoms with Crippen LogP contribution in [0.25, 0.3) is 0 Å². The standard InChI is InChI=1S/C19H18F3NO5S/c20-19(21,22)17-7-2-1-6-16(17)18(24)28-13-14-4-3-5-15(12-14)29(25,26)23-8-10-27-11-9-23/h1-7,12H,8-11,13H2. The van der Waals surface area contributed by atoms with E-state index in [0.29, 0.717) is 18.8 Å². The lowest BCUT2D eigenvalue weighted by Gasteiger charge is -2.26. The maximum absolute atomic E-state index is 13.0. The van der Waals surface area contributed by atoms with Gasteiger partial charge in [-0.05, 0) is 29.8 Å². The van der Waals surface area contributed by atoms with Gasteiger partial charge >= 0.3 is 12.1 Å². The third-order valence-electron chi connectivity index (χ3n) is 4.33. The zero-order valence-corrected chi connectivity index (χ0v) is 16.0. The molecule has 0 radical (unpaired) electrons. The Labute approximate surface area is 165 Å². The van der Waals surface area contributed by atoms with Crippen molar-refractivity contribution in [3.05, 3.63) is 65.2 Å². The van der Waals surface area contributed by atoms with Crippen LogP contribution in [-0.2, 0) is 32.3 Å². The van der Waals surface area contributed by atoms with Gasteiger partial charge in [-0.15, -0.1) is 0 Å². The lowest BCUT2D eigenvalue weighted by Crippen LogP contribution is -2.40. The molecule has 0 aliphatic carbocycles. The minimum Gasteiger partial charge on any atom is -0.457 e. The first kappa shape index (κ1) is 21.3. The van der Waals surface area contributed by atoms with Crippen LogP contribution in [0.4, 0.5) is 13.2 Å². The fraction of sp³-hybridized carbons (Fsp3) is 0.316. The number of alkyl halides is 3. The van der Waals surface area contributed by atoms with E-state index in [9.17, 15) is 26.4 Å². The highest BCUT2D eigenvalue weighted by Crippen LogP contribution is 2.32. The highest BCUT2D eigenvalue weighted by Gasteiger charge is 2.35. The number of halogens is 3. The van der Waals surface area contributed by atoms with Crippen LogP contribution >= 0.6 is 0 Å². The van der Waals surface area contributed by atoms with Crippen LogP contribution in [0, 0.1) is 0 Å². The third-order valence-corrected chi connectivity index (χ3v) is 6.22. The summed E-state index contributed by atoms with van der Waals surface area (Å²) in [5, 5.41) is 0. The van der Waals surface area contributed by atoms with Gasteiger partial charge in [-0.3, -0.25) is 0 Å². The van der Waals surface area contributed by atoms with Gasteiger partial charge in [0.05, 0.1) is 29.2 Å². The molecule has 10 heteroatoms. The van der Waals surface area contributed by atoms with Crippen molar-refractivity contribution < 1.29 is 35.9 Å². The number of sulfonamides is 1. The van der Waals surface area contributed by atoms with Crippen molar-refractivity contribution in [2.45, 2.75) is 17.7 Å². The fourth-order valence-electron chi connectivity index (χ4n) is 2.87. The summed E-state index contributed by atoms with van der Waals surface area (Å²) in [5.41, 5.74) is -1.34. The van der Waals surface area contributed by atoms with Crippen LogP contribution in [-0.4, -0.2) is 45.0 Å². The monoisotopic (exact) mass is 429 g/mol. The maximum Gasteiger partial charge on any atom is 0.417 e. The van der Waals surface area contributed by atoms with E-state index in [4.69, 9.17) is 9.47 Å². The van der Waals surface area contributed by atoms with Crippen molar-refractivity contribution in [2.24, 2.45) is 0 Å². The number of morpholine rings is 1. The predicted octanol–water partition coefficient (Wildman–Crippen LogP) is 3.08. The Kier molecular flexibility index (Phi) is 6.25. The average Bonchev–Trinajstić information content (AvgIpc) is 2.72. The SMILES string of the molecule is O=C(OCc1cccc(S(=O)(=O)N2CCOCC2)c1)c1ccccc1C(F)(F)F. The van der Waals surface area contributed by atoms with E-state index in [0.717, 1.165) is 12.1 Å². The fourth-order valence-corrected chi connectivity index (χ4v) is 4.35. The molecule has 1 heterocycles. The molecular weight excluding hydrogens is 411 g/mol. The van der Waals surface area contributed by atoms with E-state index < -0.39 is 33.3 Å². The molecule has 0 N–H and O–H groups in total. The molecule has 29 heavy (non-hydrogen) atoms. The minimum atomic E-state index is -4.69. The smallest absolute Gasteiger partial charge is 0.417 e. The number of esters is 1. The van der Waals surface area contributed by atoms with Crippen molar-refractivity contribution in [1.29, 1.82) is 0 Å². The second kappa shape index (κ2) is 8.52. The number of rotatable bonds is 5. The lowest BCUT2D eigenvalue weighted by molar-refractivity contribution is -0.138. The van der Waals surface area contributed by atoms with Crippen molar-refractivity contribution in [1.82, 2.24) is 4.31 Å². The second-order valence-corrected chi connectivity index (χ2v) is 8.22. The largest absolute Gasteiger partial charge is 0.457 e. The van der Waals surface area contributed by atoms with E-state index in [1.807, 2.05) is 0 Å². The first-order valence-electron chi connectivity index (χ1n) is 8.70. The molecule has 2 aromatic carbocycles. The first-order chi connectivity index (χ1) is 13.7. The molecule has 0 amide bonds. The van der Waals surface area contributed by atoms with Gasteiger partial charge in [0.2, 0.25) is 10.0 Å². The maximum atomic E-state index is 13.0. The molecule has 1 fully saturated rings. The number of nitrogens with zero attached hydrogens (tertiary/aromatic N) is 1. The molecule has 1 aliphatic heterocycles. The molecular formula is C19H18F3NO5S. The van der Waals surface area contributed by atoms with Gasteiger partial charge in [0.25, 0.3) is 0 Å². The third kappa shape index (κ3) is 4.95. The van der Waals surface area contributed by atoms with Crippen molar-refractivity contribution in [3.8, 4) is 0 Å². The Morgan fingerprint density at radius 2 is 1.76 bits per heavy atom. The first-order valence-corrected chi connectivity index (χ1v) is 10.1. The van der Waals surface area contributed by atoms with Gasteiger partial charge in [0, 0.05) is 13.1 Å². The van der Waals surface area contributed by atoms with Crippen LogP contribution in [0.2, 0.25) is 0 Å². The van der Waals surface area contributed by atoms with Crippen LogP contribution in [0.15, 0.2) is 53.4 Å². The van der Waals surface area contributed by atoms with Crippen molar-refractivity contribution >= 4 is 16.0 Å². The molecule has 2 aromatic rings. The Bertz CT molecular complexity index is 985. The van der Waals surface area contributed by atoms with Crippen LogP contribution in [0.5, 0.6) is 0 Å². The Morgan fingerprint density at radius 3 is 2.45 bits per heavy atom. The molecule has 0 saturated carbocycles. The van der Waals surface area contributed by atoms with Gasteiger partial charge < -0.3 is 9.47 Å². The summed E-state index contributed by atoms with van der Waals surface area (Å²) in [4.78, 5) is 12.2.